The van der Waals surface area contributed by atoms with Crippen molar-refractivity contribution >= 4 is 27.3 Å². The molecule has 0 aliphatic rings. The van der Waals surface area contributed by atoms with Crippen LogP contribution in [0.5, 0.6) is 0 Å². The third-order valence-corrected chi connectivity index (χ3v) is 4.20. The fourth-order valence-corrected chi connectivity index (χ4v) is 2.92. The van der Waals surface area contributed by atoms with E-state index in [0.717, 1.165) is 20.7 Å². The Morgan fingerprint density at radius 1 is 1.44 bits per heavy atom. The Morgan fingerprint density at radius 2 is 2.17 bits per heavy atom. The highest BCUT2D eigenvalue weighted by Crippen LogP contribution is 2.25. The van der Waals surface area contributed by atoms with Crippen LogP contribution in [0.4, 0.5) is 0 Å². The van der Waals surface area contributed by atoms with Gasteiger partial charge in [0, 0.05) is 17.8 Å². The molecule has 0 amide bonds. The van der Waals surface area contributed by atoms with Gasteiger partial charge in [-0.3, -0.25) is 9.36 Å². The minimum absolute atomic E-state index is 0.00500. The van der Waals surface area contributed by atoms with Crippen LogP contribution < -0.4 is 5.56 Å². The minimum atomic E-state index is 0.00500. The largest absolute Gasteiger partial charge is 0.300 e. The summed E-state index contributed by atoms with van der Waals surface area (Å²) in [6.45, 7) is 6.07. The summed E-state index contributed by atoms with van der Waals surface area (Å²) in [5.74, 6) is 0.152. The number of rotatable bonds is 4. The van der Waals surface area contributed by atoms with Crippen LogP contribution in [-0.2, 0) is 11.3 Å². The molecule has 0 atom stereocenters. The van der Waals surface area contributed by atoms with Crippen molar-refractivity contribution in [1.29, 1.82) is 0 Å². The predicted octanol–water partition coefficient (Wildman–Crippen LogP) is 2.44. The van der Waals surface area contributed by atoms with Gasteiger partial charge in [-0.05, 0) is 32.8 Å². The quantitative estimate of drug-likeness (QED) is 0.852. The van der Waals surface area contributed by atoms with Crippen molar-refractivity contribution in [3.8, 4) is 0 Å². The minimum Gasteiger partial charge on any atom is -0.300 e. The van der Waals surface area contributed by atoms with Gasteiger partial charge in [-0.25, -0.2) is 4.98 Å². The van der Waals surface area contributed by atoms with Crippen molar-refractivity contribution in [2.45, 2.75) is 40.2 Å². The first-order chi connectivity index (χ1) is 8.50. The molecule has 2 heterocycles. The average Bonchev–Trinajstić information content (AvgIpc) is 2.58. The number of Topliss-reactive ketones (excluding diaryl/α,β-unsaturated/α-hetero) is 1. The van der Waals surface area contributed by atoms with E-state index in [2.05, 4.69) is 4.98 Å². The van der Waals surface area contributed by atoms with Gasteiger partial charge in [0.05, 0.1) is 11.7 Å². The zero-order valence-corrected chi connectivity index (χ0v) is 11.6. The Bertz CT molecular complexity index is 655. The number of carbonyl (C=O) groups excluding carboxylic acids is 1. The fraction of sp³-hybridized carbons (Fsp3) is 0.462. The van der Waals surface area contributed by atoms with Crippen LogP contribution in [0.15, 0.2) is 11.1 Å². The van der Waals surface area contributed by atoms with E-state index >= 15 is 0 Å². The lowest BCUT2D eigenvalue weighted by atomic mass is 10.2. The topological polar surface area (TPSA) is 52.0 Å². The van der Waals surface area contributed by atoms with Crippen LogP contribution in [0.2, 0.25) is 0 Å². The van der Waals surface area contributed by atoms with E-state index in [1.165, 1.54) is 0 Å². The number of carbonyl (C=O) groups is 1. The number of fused-ring (bicyclic) bond motifs is 1. The molecule has 0 saturated heterocycles. The number of thiophene rings is 1. The van der Waals surface area contributed by atoms with Crippen molar-refractivity contribution in [1.82, 2.24) is 9.55 Å². The maximum atomic E-state index is 12.3. The van der Waals surface area contributed by atoms with Crippen molar-refractivity contribution in [2.24, 2.45) is 0 Å². The smallest absolute Gasteiger partial charge is 0.262 e. The summed E-state index contributed by atoms with van der Waals surface area (Å²) in [4.78, 5) is 29.4. The highest BCUT2D eigenvalue weighted by atomic mass is 32.1. The van der Waals surface area contributed by atoms with Gasteiger partial charge in [-0.2, -0.15) is 0 Å². The monoisotopic (exact) mass is 264 g/mol. The number of nitrogens with zero attached hydrogens (tertiary/aromatic N) is 2. The second-order valence-corrected chi connectivity index (χ2v) is 5.72. The van der Waals surface area contributed by atoms with E-state index in [1.54, 1.807) is 29.2 Å². The van der Waals surface area contributed by atoms with Crippen molar-refractivity contribution in [2.75, 3.05) is 0 Å². The first-order valence-corrected chi connectivity index (χ1v) is 6.77. The lowest BCUT2D eigenvalue weighted by Crippen LogP contribution is -2.20. The van der Waals surface area contributed by atoms with Gasteiger partial charge in [-0.15, -0.1) is 11.3 Å². The summed E-state index contributed by atoms with van der Waals surface area (Å²) in [6, 6.07) is 0. The van der Waals surface area contributed by atoms with Gasteiger partial charge in [0.25, 0.3) is 5.56 Å². The lowest BCUT2D eigenvalue weighted by molar-refractivity contribution is -0.117. The van der Waals surface area contributed by atoms with E-state index in [-0.39, 0.29) is 11.3 Å². The molecular weight excluding hydrogens is 248 g/mol. The molecule has 2 aromatic rings. The molecule has 0 spiro atoms. The number of hydrogen-bond acceptors (Lipinski definition) is 4. The molecule has 0 bridgehead atoms. The van der Waals surface area contributed by atoms with Gasteiger partial charge in [0.15, 0.2) is 0 Å². The molecule has 0 aromatic carbocycles. The van der Waals surface area contributed by atoms with Gasteiger partial charge in [0.2, 0.25) is 0 Å². The standard InChI is InChI=1S/C13H16N2O2S/c1-8(16)5-4-6-15-7-14-12-11(13(15)17)9(2)10(3)18-12/h7H,4-6H2,1-3H3. The molecule has 0 radical (unpaired) electrons. The van der Waals surface area contributed by atoms with E-state index in [9.17, 15) is 9.59 Å². The highest BCUT2D eigenvalue weighted by molar-refractivity contribution is 7.18. The first-order valence-electron chi connectivity index (χ1n) is 5.95. The highest BCUT2D eigenvalue weighted by Gasteiger charge is 2.11. The molecule has 0 unspecified atom stereocenters. The Kier molecular flexibility index (Phi) is 3.61. The summed E-state index contributed by atoms with van der Waals surface area (Å²) in [6.07, 6.45) is 2.77. The zero-order valence-electron chi connectivity index (χ0n) is 10.8. The maximum absolute atomic E-state index is 12.3. The maximum Gasteiger partial charge on any atom is 0.262 e. The molecule has 2 aromatic heterocycles. The third kappa shape index (κ3) is 2.36. The molecule has 0 saturated carbocycles. The summed E-state index contributed by atoms with van der Waals surface area (Å²) in [5, 5.41) is 0.725. The number of aryl methyl sites for hydroxylation is 3. The molecule has 96 valence electrons. The van der Waals surface area contributed by atoms with E-state index in [1.807, 2.05) is 13.8 Å². The van der Waals surface area contributed by atoms with Crippen LogP contribution in [0.3, 0.4) is 0 Å². The molecule has 0 fully saturated rings. The van der Waals surface area contributed by atoms with Gasteiger partial charge in [-0.1, -0.05) is 0 Å². The van der Waals surface area contributed by atoms with Crippen LogP contribution >= 0.6 is 11.3 Å². The molecule has 0 aliphatic heterocycles. The number of aromatic nitrogens is 2. The molecule has 2 rings (SSSR count). The summed E-state index contributed by atoms with van der Waals surface area (Å²) in [7, 11) is 0. The molecule has 0 N–H and O–H groups in total. The molecular formula is C13H16N2O2S. The Morgan fingerprint density at radius 3 is 2.83 bits per heavy atom. The van der Waals surface area contributed by atoms with E-state index < -0.39 is 0 Å². The molecule has 4 nitrogen and oxygen atoms in total. The van der Waals surface area contributed by atoms with Crippen LogP contribution in [0, 0.1) is 13.8 Å². The average molecular weight is 264 g/mol. The van der Waals surface area contributed by atoms with Gasteiger partial charge in [0.1, 0.15) is 10.6 Å². The zero-order chi connectivity index (χ0) is 13.3. The number of hydrogen-bond donors (Lipinski definition) is 0. The Labute approximate surface area is 109 Å². The van der Waals surface area contributed by atoms with Crippen LogP contribution in [0.1, 0.15) is 30.2 Å². The van der Waals surface area contributed by atoms with Crippen molar-refractivity contribution < 1.29 is 4.79 Å². The summed E-state index contributed by atoms with van der Waals surface area (Å²) < 4.78 is 1.60. The van der Waals surface area contributed by atoms with Crippen LogP contribution in [-0.4, -0.2) is 15.3 Å². The third-order valence-electron chi connectivity index (χ3n) is 3.08. The summed E-state index contributed by atoms with van der Waals surface area (Å²) >= 11 is 1.55. The lowest BCUT2D eigenvalue weighted by Gasteiger charge is -2.04. The Hall–Kier alpha value is -1.49. The SMILES string of the molecule is CC(=O)CCCn1cnc2sc(C)c(C)c2c1=O. The van der Waals surface area contributed by atoms with E-state index in [0.29, 0.717) is 19.4 Å². The first kappa shape index (κ1) is 13.0. The fourth-order valence-electron chi connectivity index (χ4n) is 1.93. The Balaban J connectivity index is 2.36. The molecule has 0 aliphatic carbocycles. The second-order valence-electron chi connectivity index (χ2n) is 4.51. The summed E-state index contributed by atoms with van der Waals surface area (Å²) in [5.41, 5.74) is 1.03. The van der Waals surface area contributed by atoms with E-state index in [4.69, 9.17) is 0 Å². The normalized spacial score (nSPS) is 11.1. The van der Waals surface area contributed by atoms with Gasteiger partial charge < -0.3 is 4.79 Å². The molecule has 18 heavy (non-hydrogen) atoms. The van der Waals surface area contributed by atoms with Crippen molar-refractivity contribution in [3.05, 3.63) is 27.1 Å². The molecule has 5 heteroatoms. The van der Waals surface area contributed by atoms with Gasteiger partial charge >= 0.3 is 0 Å². The van der Waals surface area contributed by atoms with Crippen LogP contribution in [0.25, 0.3) is 10.2 Å². The van der Waals surface area contributed by atoms with Crippen molar-refractivity contribution in [3.63, 3.8) is 0 Å². The predicted molar refractivity (Wildman–Crippen MR) is 73.3 cm³/mol. The number of ketones is 1. The second kappa shape index (κ2) is 5.02.